The molecular weight excluding hydrogens is 400 g/mol. The minimum absolute atomic E-state index is 0.0172. The molecule has 1 aromatic carbocycles. The zero-order valence-electron chi connectivity index (χ0n) is 12.8. The molecule has 0 aliphatic heterocycles. The normalized spacial score (nSPS) is 10.5. The minimum atomic E-state index is -1.57. The fourth-order valence-corrected chi connectivity index (χ4v) is 2.72. The first-order valence-electron chi connectivity index (χ1n) is 6.71. The van der Waals surface area contributed by atoms with Gasteiger partial charge in [-0.3, -0.25) is 4.79 Å². The molecule has 10 heteroatoms. The summed E-state index contributed by atoms with van der Waals surface area (Å²) in [6.07, 6.45) is 0. The quantitative estimate of drug-likeness (QED) is 0.523. The molecule has 0 fully saturated rings. The largest absolute Gasteiger partial charge is 0.478 e. The lowest BCUT2D eigenvalue weighted by Crippen LogP contribution is -2.24. The highest BCUT2D eigenvalue weighted by Gasteiger charge is 2.26. The second kappa shape index (κ2) is 7.36. The molecule has 2 rings (SSSR count). The number of pyridine rings is 1. The molecule has 0 aliphatic rings. The number of hydrogen-bond acceptors (Lipinski definition) is 6. The molecule has 5 N–H and O–H groups in total. The Bertz CT molecular complexity index is 907. The maximum Gasteiger partial charge on any atom is 0.342 e. The van der Waals surface area contributed by atoms with E-state index in [4.69, 9.17) is 15.2 Å². The number of anilines is 1. The summed E-state index contributed by atoms with van der Waals surface area (Å²) in [6, 6.07) is 4.33. The summed E-state index contributed by atoms with van der Waals surface area (Å²) >= 11 is 3.24. The number of carboxylic acids is 2. The number of hydrogen-bond donors (Lipinski definition) is 4. The number of benzene rings is 1. The van der Waals surface area contributed by atoms with Gasteiger partial charge in [-0.15, -0.1) is 0 Å². The maximum absolute atomic E-state index is 12.0. The van der Waals surface area contributed by atoms with E-state index in [0.717, 1.165) is 0 Å². The first-order valence-corrected chi connectivity index (χ1v) is 7.51. The van der Waals surface area contributed by atoms with Gasteiger partial charge in [-0.25, -0.2) is 9.59 Å². The van der Waals surface area contributed by atoms with Crippen molar-refractivity contribution in [1.29, 1.82) is 0 Å². The average molecular weight is 413 g/mol. The van der Waals surface area contributed by atoms with Gasteiger partial charge in [0.25, 0.3) is 5.56 Å². The van der Waals surface area contributed by atoms with E-state index in [0.29, 0.717) is 10.2 Å². The molecule has 2 aromatic rings. The molecule has 25 heavy (non-hydrogen) atoms. The van der Waals surface area contributed by atoms with Crippen molar-refractivity contribution in [2.75, 3.05) is 19.6 Å². The smallest absolute Gasteiger partial charge is 0.342 e. The highest BCUT2D eigenvalue weighted by Crippen LogP contribution is 2.34. The van der Waals surface area contributed by atoms with Gasteiger partial charge in [-0.05, 0) is 33.6 Å². The van der Waals surface area contributed by atoms with Gasteiger partial charge in [0, 0.05) is 12.7 Å². The number of halogens is 1. The fourth-order valence-electron chi connectivity index (χ4n) is 2.23. The predicted molar refractivity (Wildman–Crippen MR) is 91.0 cm³/mol. The first kappa shape index (κ1) is 18.5. The van der Waals surface area contributed by atoms with E-state index in [1.54, 1.807) is 0 Å². The number of H-pyrrole nitrogens is 1. The molecule has 132 valence electrons. The van der Waals surface area contributed by atoms with Gasteiger partial charge in [-0.1, -0.05) is 6.07 Å². The van der Waals surface area contributed by atoms with Crippen LogP contribution in [0.15, 0.2) is 27.5 Å². The van der Waals surface area contributed by atoms with Crippen LogP contribution in [0.2, 0.25) is 0 Å². The molecule has 0 radical (unpaired) electrons. The van der Waals surface area contributed by atoms with E-state index in [1.807, 2.05) is 4.98 Å². The fraction of sp³-hybridized carbons (Fsp3) is 0.133. The molecule has 0 atom stereocenters. The van der Waals surface area contributed by atoms with E-state index >= 15 is 0 Å². The zero-order valence-corrected chi connectivity index (χ0v) is 14.4. The summed E-state index contributed by atoms with van der Waals surface area (Å²) in [5.41, 5.74) is 3.24. The molecule has 9 nitrogen and oxygen atoms in total. The van der Waals surface area contributed by atoms with Crippen LogP contribution in [0.4, 0.5) is 5.82 Å². The van der Waals surface area contributed by atoms with Crippen LogP contribution in [0, 0.1) is 0 Å². The Morgan fingerprint density at radius 1 is 1.24 bits per heavy atom. The number of rotatable bonds is 6. The Labute approximate surface area is 149 Å². The highest BCUT2D eigenvalue weighted by molar-refractivity contribution is 9.10. The molecule has 1 heterocycles. The van der Waals surface area contributed by atoms with Gasteiger partial charge in [0.2, 0.25) is 0 Å². The number of carboxylic acid groups (broad SMARTS) is 2. The molecule has 0 amide bonds. The lowest BCUT2D eigenvalue weighted by molar-refractivity contribution is 0.0506. The summed E-state index contributed by atoms with van der Waals surface area (Å²) in [5, 5.41) is 18.7. The molecule has 0 unspecified atom stereocenters. The summed E-state index contributed by atoms with van der Waals surface area (Å²) in [5.74, 6) is -3.10. The van der Waals surface area contributed by atoms with Crippen molar-refractivity contribution in [3.8, 4) is 16.9 Å². The predicted octanol–water partition coefficient (Wildman–Crippen LogP) is 1.77. The molecular formula is C15H13BrN2O7. The van der Waals surface area contributed by atoms with Crippen molar-refractivity contribution in [2.24, 2.45) is 0 Å². The number of aromatic carboxylic acids is 2. The Morgan fingerprint density at radius 3 is 2.40 bits per heavy atom. The number of ether oxygens (including phenoxy) is 2. The van der Waals surface area contributed by atoms with Crippen LogP contribution in [0.5, 0.6) is 5.75 Å². The lowest BCUT2D eigenvalue weighted by atomic mass is 9.95. The van der Waals surface area contributed by atoms with Gasteiger partial charge in [0.15, 0.2) is 6.79 Å². The van der Waals surface area contributed by atoms with Crippen LogP contribution in [0.3, 0.4) is 0 Å². The average Bonchev–Trinajstić information content (AvgIpc) is 2.52. The Kier molecular flexibility index (Phi) is 5.45. The number of aromatic amines is 1. The second-order valence-corrected chi connectivity index (χ2v) is 5.65. The summed E-state index contributed by atoms with van der Waals surface area (Å²) in [4.78, 5) is 37.1. The van der Waals surface area contributed by atoms with Crippen LogP contribution in [-0.4, -0.2) is 41.0 Å². The van der Waals surface area contributed by atoms with Crippen LogP contribution < -0.4 is 16.0 Å². The van der Waals surface area contributed by atoms with Gasteiger partial charge >= 0.3 is 11.9 Å². The summed E-state index contributed by atoms with van der Waals surface area (Å²) in [7, 11) is 1.44. The molecule has 1 aromatic heterocycles. The van der Waals surface area contributed by atoms with Crippen LogP contribution in [0.25, 0.3) is 11.1 Å². The molecule has 0 saturated carbocycles. The third kappa shape index (κ3) is 3.64. The van der Waals surface area contributed by atoms with Gasteiger partial charge in [0.05, 0.1) is 4.47 Å². The molecule has 0 saturated heterocycles. The van der Waals surface area contributed by atoms with Gasteiger partial charge < -0.3 is 30.4 Å². The highest BCUT2D eigenvalue weighted by atomic mass is 79.9. The van der Waals surface area contributed by atoms with Crippen molar-refractivity contribution in [2.45, 2.75) is 0 Å². The molecule has 0 spiro atoms. The topological polar surface area (TPSA) is 152 Å². The van der Waals surface area contributed by atoms with E-state index in [1.165, 1.54) is 25.3 Å². The SMILES string of the molecule is COCOc1ccc(-c2c(C(=O)O)c(N)[nH]c(=O)c2C(=O)O)cc1Br. The van der Waals surface area contributed by atoms with Crippen molar-refractivity contribution in [1.82, 2.24) is 4.98 Å². The number of aromatic nitrogens is 1. The Hall–Kier alpha value is -2.85. The van der Waals surface area contributed by atoms with Crippen LogP contribution >= 0.6 is 15.9 Å². The maximum atomic E-state index is 12.0. The number of nitrogens with two attached hydrogens (primary N) is 1. The van der Waals surface area contributed by atoms with E-state index in [9.17, 15) is 24.6 Å². The van der Waals surface area contributed by atoms with Crippen molar-refractivity contribution in [3.63, 3.8) is 0 Å². The van der Waals surface area contributed by atoms with Gasteiger partial charge in [-0.2, -0.15) is 0 Å². The Morgan fingerprint density at radius 2 is 1.88 bits per heavy atom. The summed E-state index contributed by atoms with van der Waals surface area (Å²) in [6.45, 7) is -0.0172. The van der Waals surface area contributed by atoms with Crippen LogP contribution in [0.1, 0.15) is 20.7 Å². The molecule has 0 bridgehead atoms. The second-order valence-electron chi connectivity index (χ2n) is 4.80. The van der Waals surface area contributed by atoms with E-state index in [2.05, 4.69) is 15.9 Å². The van der Waals surface area contributed by atoms with E-state index in [-0.39, 0.29) is 17.9 Å². The number of nitrogens with one attached hydrogen (secondary N) is 1. The number of nitrogen functional groups attached to an aromatic ring is 1. The monoisotopic (exact) mass is 412 g/mol. The van der Waals surface area contributed by atoms with Crippen molar-refractivity contribution in [3.05, 3.63) is 44.2 Å². The molecule has 0 aliphatic carbocycles. The first-order chi connectivity index (χ1) is 11.8. The number of carbonyl (C=O) groups is 2. The van der Waals surface area contributed by atoms with Crippen molar-refractivity contribution >= 4 is 33.7 Å². The number of methoxy groups -OCH3 is 1. The zero-order chi connectivity index (χ0) is 18.7. The standard InChI is InChI=1S/C15H13BrN2O7/c1-24-5-25-8-3-2-6(4-7(8)16)9-10(14(20)21)12(17)18-13(19)11(9)15(22)23/h2-4H,5H2,1H3,(H,20,21)(H,22,23)(H3,17,18,19). The van der Waals surface area contributed by atoms with Gasteiger partial charge in [0.1, 0.15) is 22.7 Å². The lowest BCUT2D eigenvalue weighted by Gasteiger charge is -2.14. The third-order valence-corrected chi connectivity index (χ3v) is 3.84. The van der Waals surface area contributed by atoms with E-state index < -0.39 is 34.4 Å². The Balaban J connectivity index is 2.77. The minimum Gasteiger partial charge on any atom is -0.478 e. The summed E-state index contributed by atoms with van der Waals surface area (Å²) < 4.78 is 10.5. The van der Waals surface area contributed by atoms with Crippen molar-refractivity contribution < 1.29 is 29.3 Å². The third-order valence-electron chi connectivity index (χ3n) is 3.23. The van der Waals surface area contributed by atoms with Crippen LogP contribution in [-0.2, 0) is 4.74 Å².